The molecule has 0 aliphatic heterocycles. The quantitative estimate of drug-likeness (QED) is 0.306. The van der Waals surface area contributed by atoms with Crippen LogP contribution in [0.1, 0.15) is 66.8 Å². The number of aromatic nitrogens is 3. The van der Waals surface area contributed by atoms with E-state index in [4.69, 9.17) is 5.73 Å². The molecule has 9 heteroatoms. The smallest absolute Gasteiger partial charge is 0.251 e. The Kier molecular flexibility index (Phi) is 7.83. The van der Waals surface area contributed by atoms with Crippen molar-refractivity contribution in [3.8, 4) is 17.3 Å². The van der Waals surface area contributed by atoms with Gasteiger partial charge in [0, 0.05) is 47.7 Å². The zero-order valence-electron chi connectivity index (χ0n) is 21.8. The van der Waals surface area contributed by atoms with E-state index < -0.39 is 17.1 Å². The summed E-state index contributed by atoms with van der Waals surface area (Å²) < 4.78 is 16.2. The van der Waals surface area contributed by atoms with Crippen LogP contribution in [0.4, 0.5) is 4.39 Å². The van der Waals surface area contributed by atoms with Gasteiger partial charge in [-0.05, 0) is 56.4 Å². The van der Waals surface area contributed by atoms with Gasteiger partial charge in [-0.3, -0.25) is 19.1 Å². The number of nitrogens with two attached hydrogens (primary N) is 1. The molecule has 0 atom stereocenters. The maximum Gasteiger partial charge on any atom is 0.251 e. The summed E-state index contributed by atoms with van der Waals surface area (Å²) >= 11 is 0. The van der Waals surface area contributed by atoms with Crippen LogP contribution in [0.15, 0.2) is 53.6 Å². The Morgan fingerprint density at radius 2 is 2.03 bits per heavy atom. The van der Waals surface area contributed by atoms with Gasteiger partial charge in [-0.25, -0.2) is 9.37 Å². The van der Waals surface area contributed by atoms with Gasteiger partial charge in [0.25, 0.3) is 5.56 Å². The van der Waals surface area contributed by atoms with Gasteiger partial charge in [0.05, 0.1) is 23.7 Å². The van der Waals surface area contributed by atoms with Crippen LogP contribution in [0.5, 0.6) is 0 Å². The zero-order chi connectivity index (χ0) is 27.4. The summed E-state index contributed by atoms with van der Waals surface area (Å²) in [6.07, 6.45) is 7.41. The van der Waals surface area contributed by atoms with E-state index in [9.17, 15) is 19.2 Å². The number of aryl methyl sites for hydroxylation is 1. The highest BCUT2D eigenvalue weighted by atomic mass is 19.1. The molecule has 2 aromatic heterocycles. The predicted molar refractivity (Wildman–Crippen MR) is 143 cm³/mol. The topological polar surface area (TPSA) is 127 Å². The Labute approximate surface area is 221 Å². The predicted octanol–water partition coefficient (Wildman–Crippen LogP) is 4.23. The minimum atomic E-state index is -0.991. The first-order chi connectivity index (χ1) is 18.2. The van der Waals surface area contributed by atoms with Gasteiger partial charge in [0.2, 0.25) is 5.78 Å². The number of ketones is 1. The number of nitrogens with zero attached hydrogens (tertiary/aromatic N) is 4. The van der Waals surface area contributed by atoms with Gasteiger partial charge >= 0.3 is 0 Å². The summed E-state index contributed by atoms with van der Waals surface area (Å²) in [4.78, 5) is 34.5. The Hall–Kier alpha value is -4.16. The summed E-state index contributed by atoms with van der Waals surface area (Å²) in [5.74, 6) is -1.02. The number of benzene rings is 1. The fourth-order valence-corrected chi connectivity index (χ4v) is 4.34. The van der Waals surface area contributed by atoms with Gasteiger partial charge < -0.3 is 11.1 Å². The normalized spacial score (nSPS) is 13.8. The standard InChI is InChI=1S/C29H31FN6O2/c1-4-29(5-2,17-31)36-16-20(7-11-27(36)38)25-15-33-18(3)28(35-25)26(37)13-24(32)22-10-6-19(12-23(22)30)14-34-21-8-9-21/h6-7,10-13,15-16,21,34H,4-5,8-9,14,32H2,1-3H3/b24-13-. The number of carbonyl (C=O) groups excluding carboxylic acids is 1. The van der Waals surface area contributed by atoms with Crippen LogP contribution >= 0.6 is 0 Å². The third kappa shape index (κ3) is 5.55. The Balaban J connectivity index is 1.63. The molecule has 0 bridgehead atoms. The zero-order valence-corrected chi connectivity index (χ0v) is 21.8. The molecule has 0 unspecified atom stereocenters. The van der Waals surface area contributed by atoms with Crippen molar-refractivity contribution in [1.29, 1.82) is 5.26 Å². The molecule has 3 aromatic rings. The first-order valence-electron chi connectivity index (χ1n) is 12.7. The summed E-state index contributed by atoms with van der Waals surface area (Å²) in [5.41, 5.74) is 7.08. The largest absolute Gasteiger partial charge is 0.398 e. The van der Waals surface area contributed by atoms with Crippen molar-refractivity contribution < 1.29 is 9.18 Å². The van der Waals surface area contributed by atoms with E-state index in [-0.39, 0.29) is 22.5 Å². The molecule has 0 radical (unpaired) electrons. The van der Waals surface area contributed by atoms with Crippen LogP contribution in [-0.4, -0.2) is 26.4 Å². The van der Waals surface area contributed by atoms with E-state index in [0.29, 0.717) is 42.4 Å². The van der Waals surface area contributed by atoms with Gasteiger partial charge in [-0.15, -0.1) is 0 Å². The molecule has 1 aromatic carbocycles. The molecule has 3 N–H and O–H groups in total. The summed E-state index contributed by atoms with van der Waals surface area (Å²) in [5, 5.41) is 13.1. The molecule has 1 aliphatic rings. The summed E-state index contributed by atoms with van der Waals surface area (Å²) in [7, 11) is 0. The number of carbonyl (C=O) groups is 1. The lowest BCUT2D eigenvalue weighted by Gasteiger charge is -2.26. The number of halogens is 1. The minimum absolute atomic E-state index is 0.0148. The van der Waals surface area contributed by atoms with Crippen molar-refractivity contribution >= 4 is 11.5 Å². The Bertz CT molecular complexity index is 1500. The molecular formula is C29H31FN6O2. The number of rotatable bonds is 10. The number of allylic oxidation sites excluding steroid dienone is 1. The molecule has 4 rings (SSSR count). The van der Waals surface area contributed by atoms with Crippen molar-refractivity contribution in [2.45, 2.75) is 64.6 Å². The number of hydrogen-bond acceptors (Lipinski definition) is 7. The molecule has 8 nitrogen and oxygen atoms in total. The Morgan fingerprint density at radius 1 is 1.29 bits per heavy atom. The SMILES string of the molecule is CCC(C#N)(CC)n1cc(-c2cnc(C)c(C(=O)/C=C(\N)c3ccc(CNC4CC4)cc3F)n2)ccc1=O. The lowest BCUT2D eigenvalue weighted by molar-refractivity contribution is 0.104. The molecule has 196 valence electrons. The maximum absolute atomic E-state index is 14.8. The maximum atomic E-state index is 14.8. The van der Waals surface area contributed by atoms with Crippen molar-refractivity contribution in [3.63, 3.8) is 0 Å². The van der Waals surface area contributed by atoms with Crippen LogP contribution in [0.3, 0.4) is 0 Å². The molecule has 0 amide bonds. The molecule has 2 heterocycles. The van der Waals surface area contributed by atoms with Crippen molar-refractivity contribution in [2.24, 2.45) is 5.73 Å². The third-order valence-corrected chi connectivity index (χ3v) is 7.04. The average molecular weight is 515 g/mol. The van der Waals surface area contributed by atoms with E-state index in [1.807, 2.05) is 13.8 Å². The minimum Gasteiger partial charge on any atom is -0.398 e. The van der Waals surface area contributed by atoms with Crippen molar-refractivity contribution in [1.82, 2.24) is 19.9 Å². The number of nitrogens with one attached hydrogen (secondary N) is 1. The molecule has 1 fully saturated rings. The average Bonchev–Trinajstić information content (AvgIpc) is 3.74. The van der Waals surface area contributed by atoms with Crippen LogP contribution in [-0.2, 0) is 12.1 Å². The lowest BCUT2D eigenvalue weighted by Crippen LogP contribution is -2.38. The monoisotopic (exact) mass is 514 g/mol. The summed E-state index contributed by atoms with van der Waals surface area (Å²) in [6.45, 7) is 5.93. The third-order valence-electron chi connectivity index (χ3n) is 7.04. The van der Waals surface area contributed by atoms with Gasteiger partial charge in [0.1, 0.15) is 17.1 Å². The Morgan fingerprint density at radius 3 is 2.66 bits per heavy atom. The van der Waals surface area contributed by atoms with E-state index in [1.54, 1.807) is 31.3 Å². The molecule has 0 saturated heterocycles. The highest BCUT2D eigenvalue weighted by molar-refractivity contribution is 6.07. The second-order valence-corrected chi connectivity index (χ2v) is 9.60. The first kappa shape index (κ1) is 26.9. The van der Waals surface area contributed by atoms with Gasteiger partial charge in [-0.2, -0.15) is 5.26 Å². The second kappa shape index (κ2) is 11.1. The van der Waals surface area contributed by atoms with Crippen molar-refractivity contribution in [2.75, 3.05) is 0 Å². The number of pyridine rings is 1. The van der Waals surface area contributed by atoms with Crippen LogP contribution in [0.25, 0.3) is 17.0 Å². The second-order valence-electron chi connectivity index (χ2n) is 9.60. The lowest BCUT2D eigenvalue weighted by atomic mass is 9.94. The fraction of sp³-hybridized carbons (Fsp3) is 0.345. The van der Waals surface area contributed by atoms with Crippen LogP contribution in [0.2, 0.25) is 0 Å². The van der Waals surface area contributed by atoms with E-state index in [1.165, 1.54) is 22.9 Å². The van der Waals surface area contributed by atoms with Gasteiger partial charge in [-0.1, -0.05) is 19.9 Å². The number of nitriles is 1. The van der Waals surface area contributed by atoms with E-state index >= 15 is 0 Å². The van der Waals surface area contributed by atoms with Crippen molar-refractivity contribution in [3.05, 3.63) is 87.5 Å². The highest BCUT2D eigenvalue weighted by Crippen LogP contribution is 2.26. The molecule has 1 saturated carbocycles. The first-order valence-corrected chi connectivity index (χ1v) is 12.7. The van der Waals surface area contributed by atoms with Gasteiger partial charge in [0.15, 0.2) is 0 Å². The molecule has 38 heavy (non-hydrogen) atoms. The van der Waals surface area contributed by atoms with E-state index in [2.05, 4.69) is 21.4 Å². The van der Waals surface area contributed by atoms with E-state index in [0.717, 1.165) is 24.5 Å². The molecule has 0 spiro atoms. The fourth-order valence-electron chi connectivity index (χ4n) is 4.34. The number of hydrogen-bond donors (Lipinski definition) is 2. The van der Waals surface area contributed by atoms with Crippen LogP contribution < -0.4 is 16.6 Å². The molecular weight excluding hydrogens is 483 g/mol. The molecule has 1 aliphatic carbocycles. The summed E-state index contributed by atoms with van der Waals surface area (Å²) in [6, 6.07) is 10.5. The van der Waals surface area contributed by atoms with Crippen LogP contribution in [0, 0.1) is 24.1 Å². The highest BCUT2D eigenvalue weighted by Gasteiger charge is 2.29.